The Hall–Kier alpha value is -0.810. The van der Waals surface area contributed by atoms with Crippen molar-refractivity contribution in [3.05, 3.63) is 0 Å². The molecule has 0 radical (unpaired) electrons. The van der Waals surface area contributed by atoms with Crippen molar-refractivity contribution in [1.82, 2.24) is 5.32 Å². The molecule has 54 heavy (non-hydrogen) atoms. The lowest BCUT2D eigenvalue weighted by Gasteiger charge is -2.40. The van der Waals surface area contributed by atoms with Crippen molar-refractivity contribution < 1.29 is 39.8 Å². The van der Waals surface area contributed by atoms with Crippen molar-refractivity contribution in [2.75, 3.05) is 13.2 Å². The average molecular weight is 772 g/mol. The number of hydrogen-bond acceptors (Lipinski definition) is 8. The summed E-state index contributed by atoms with van der Waals surface area (Å²) in [5.74, 6) is -0.155. The highest BCUT2D eigenvalue weighted by Gasteiger charge is 2.44. The number of aliphatic hydroxyl groups excluding tert-OH is 5. The highest BCUT2D eigenvalue weighted by atomic mass is 16.7. The highest BCUT2D eigenvalue weighted by Crippen LogP contribution is 2.23. The molecule has 1 amide bonds. The minimum atomic E-state index is -1.55. The lowest BCUT2D eigenvalue weighted by atomic mass is 9.99. The molecule has 7 unspecified atom stereocenters. The van der Waals surface area contributed by atoms with Crippen LogP contribution in [0, 0.1) is 0 Å². The summed E-state index contributed by atoms with van der Waals surface area (Å²) in [4.78, 5) is 12.7. The van der Waals surface area contributed by atoms with Crippen molar-refractivity contribution >= 4 is 5.91 Å². The Morgan fingerprint density at radius 3 is 1.31 bits per heavy atom. The van der Waals surface area contributed by atoms with Gasteiger partial charge in [-0.05, 0) is 12.8 Å². The summed E-state index contributed by atoms with van der Waals surface area (Å²) in [7, 11) is 0. The van der Waals surface area contributed by atoms with Gasteiger partial charge in [0.2, 0.25) is 5.91 Å². The molecule has 0 spiro atoms. The van der Waals surface area contributed by atoms with Gasteiger partial charge in [-0.2, -0.15) is 0 Å². The molecule has 0 aromatic heterocycles. The zero-order chi connectivity index (χ0) is 39.5. The van der Waals surface area contributed by atoms with E-state index in [1.807, 2.05) is 0 Å². The number of amides is 1. The highest BCUT2D eigenvalue weighted by molar-refractivity contribution is 5.76. The summed E-state index contributed by atoms with van der Waals surface area (Å²) in [5.41, 5.74) is 0. The van der Waals surface area contributed by atoms with Gasteiger partial charge in [0.15, 0.2) is 6.29 Å². The van der Waals surface area contributed by atoms with Crippen molar-refractivity contribution in [3.63, 3.8) is 0 Å². The second kappa shape index (κ2) is 36.5. The third kappa shape index (κ3) is 26.9. The van der Waals surface area contributed by atoms with E-state index in [1.165, 1.54) is 148 Å². The molecule has 1 heterocycles. The van der Waals surface area contributed by atoms with Gasteiger partial charge in [0.1, 0.15) is 24.4 Å². The Morgan fingerprint density at radius 2 is 0.926 bits per heavy atom. The Bertz CT molecular complexity index is 817. The minimum Gasteiger partial charge on any atom is -0.394 e. The Balaban J connectivity index is 2.10. The molecule has 9 heteroatoms. The molecule has 1 saturated heterocycles. The van der Waals surface area contributed by atoms with Gasteiger partial charge in [0.25, 0.3) is 0 Å². The van der Waals surface area contributed by atoms with Gasteiger partial charge >= 0.3 is 0 Å². The molecule has 7 atom stereocenters. The Labute approximate surface area is 332 Å². The van der Waals surface area contributed by atoms with Crippen LogP contribution in [0.3, 0.4) is 0 Å². The maximum atomic E-state index is 12.7. The molecule has 0 aromatic rings. The Morgan fingerprint density at radius 1 is 0.556 bits per heavy atom. The standard InChI is InChI=1S/C45H89NO8/c1-3-5-7-9-10-11-12-13-14-15-16-17-18-19-20-21-22-23-24-25-26-27-28-29-31-32-34-39(48)38(46-41(49)35-33-30-8-6-4-2)37-53-45-44(52)43(51)42(50)40(36-47)54-45/h38-40,42-45,47-48,50-52H,3-37H2,1-2H3,(H,46,49). The molecule has 1 aliphatic heterocycles. The summed E-state index contributed by atoms with van der Waals surface area (Å²) >= 11 is 0. The molecule has 0 aromatic carbocycles. The number of hydrogen-bond donors (Lipinski definition) is 6. The van der Waals surface area contributed by atoms with Crippen LogP contribution >= 0.6 is 0 Å². The van der Waals surface area contributed by atoms with Gasteiger partial charge in [-0.25, -0.2) is 0 Å². The lowest BCUT2D eigenvalue weighted by molar-refractivity contribution is -0.302. The largest absolute Gasteiger partial charge is 0.394 e. The van der Waals surface area contributed by atoms with Gasteiger partial charge in [-0.1, -0.05) is 206 Å². The average Bonchev–Trinajstić information content (AvgIpc) is 3.17. The molecule has 0 bridgehead atoms. The van der Waals surface area contributed by atoms with Gasteiger partial charge < -0.3 is 40.3 Å². The van der Waals surface area contributed by atoms with E-state index in [2.05, 4.69) is 19.2 Å². The normalized spacial score (nSPS) is 21.4. The van der Waals surface area contributed by atoms with E-state index in [-0.39, 0.29) is 12.5 Å². The molecular weight excluding hydrogens is 682 g/mol. The zero-order valence-electron chi connectivity index (χ0n) is 35.3. The van der Waals surface area contributed by atoms with Crippen LogP contribution in [-0.2, 0) is 14.3 Å². The van der Waals surface area contributed by atoms with E-state index in [1.54, 1.807) is 0 Å². The fourth-order valence-electron chi connectivity index (χ4n) is 7.69. The van der Waals surface area contributed by atoms with Crippen LogP contribution in [0.4, 0.5) is 0 Å². The van der Waals surface area contributed by atoms with Crippen molar-refractivity contribution in [1.29, 1.82) is 0 Å². The monoisotopic (exact) mass is 772 g/mol. The summed E-state index contributed by atoms with van der Waals surface area (Å²) < 4.78 is 11.2. The van der Waals surface area contributed by atoms with Crippen molar-refractivity contribution in [2.24, 2.45) is 0 Å². The summed E-state index contributed by atoms with van der Waals surface area (Å²) in [6.45, 7) is 3.75. The number of rotatable bonds is 39. The lowest BCUT2D eigenvalue weighted by Crippen LogP contribution is -2.60. The maximum Gasteiger partial charge on any atom is 0.220 e. The van der Waals surface area contributed by atoms with Crippen LogP contribution in [0.2, 0.25) is 0 Å². The first-order chi connectivity index (χ1) is 26.3. The molecular formula is C45H89NO8. The van der Waals surface area contributed by atoms with Crippen LogP contribution < -0.4 is 5.32 Å². The summed E-state index contributed by atoms with van der Waals surface area (Å²) in [5, 5.41) is 54.0. The van der Waals surface area contributed by atoms with Gasteiger partial charge in [-0.3, -0.25) is 4.79 Å². The number of ether oxygens (including phenoxy) is 2. The second-order valence-corrected chi connectivity index (χ2v) is 16.6. The first-order valence-corrected chi connectivity index (χ1v) is 23.2. The number of unbranched alkanes of at least 4 members (excludes halogenated alkanes) is 29. The minimum absolute atomic E-state index is 0.134. The van der Waals surface area contributed by atoms with Gasteiger partial charge in [0.05, 0.1) is 25.4 Å². The van der Waals surface area contributed by atoms with E-state index in [0.717, 1.165) is 51.4 Å². The van der Waals surface area contributed by atoms with Crippen LogP contribution in [0.5, 0.6) is 0 Å². The smallest absolute Gasteiger partial charge is 0.220 e. The molecule has 6 N–H and O–H groups in total. The third-order valence-electron chi connectivity index (χ3n) is 11.5. The SMILES string of the molecule is CCCCCCCCCCCCCCCCCCCCCCCCCCCCC(O)C(COC1OC(CO)C(O)C(O)C1O)NC(=O)CCCCCCC. The molecule has 1 rings (SSSR count). The first-order valence-electron chi connectivity index (χ1n) is 23.2. The van der Waals surface area contributed by atoms with Crippen LogP contribution in [0.15, 0.2) is 0 Å². The van der Waals surface area contributed by atoms with Gasteiger partial charge in [-0.15, -0.1) is 0 Å². The first kappa shape index (κ1) is 51.2. The van der Waals surface area contributed by atoms with Crippen molar-refractivity contribution in [3.8, 4) is 0 Å². The molecule has 322 valence electrons. The number of carbonyl (C=O) groups excluding carboxylic acids is 1. The van der Waals surface area contributed by atoms with E-state index >= 15 is 0 Å². The number of carbonyl (C=O) groups is 1. The Kier molecular flexibility index (Phi) is 34.6. The molecule has 9 nitrogen and oxygen atoms in total. The van der Waals surface area contributed by atoms with Crippen molar-refractivity contribution in [2.45, 2.75) is 269 Å². The number of nitrogens with one attached hydrogen (secondary N) is 1. The fraction of sp³-hybridized carbons (Fsp3) is 0.978. The van der Waals surface area contributed by atoms with Crippen LogP contribution in [-0.4, -0.2) is 87.5 Å². The van der Waals surface area contributed by atoms with Gasteiger partial charge in [0, 0.05) is 6.42 Å². The van der Waals surface area contributed by atoms with E-state index in [9.17, 15) is 30.3 Å². The van der Waals surface area contributed by atoms with E-state index in [0.29, 0.717) is 12.8 Å². The summed E-state index contributed by atoms with van der Waals surface area (Å²) in [6.07, 6.45) is 33.2. The summed E-state index contributed by atoms with van der Waals surface area (Å²) in [6, 6.07) is -0.709. The molecule has 1 fully saturated rings. The topological polar surface area (TPSA) is 149 Å². The molecule has 1 aliphatic rings. The second-order valence-electron chi connectivity index (χ2n) is 16.6. The fourth-order valence-corrected chi connectivity index (χ4v) is 7.69. The van der Waals surface area contributed by atoms with Crippen LogP contribution in [0.25, 0.3) is 0 Å². The quantitative estimate of drug-likeness (QED) is 0.0339. The predicted molar refractivity (Wildman–Crippen MR) is 221 cm³/mol. The molecule has 0 aliphatic carbocycles. The third-order valence-corrected chi connectivity index (χ3v) is 11.5. The number of aliphatic hydroxyl groups is 5. The molecule has 0 saturated carbocycles. The van der Waals surface area contributed by atoms with E-state index < -0.39 is 49.5 Å². The van der Waals surface area contributed by atoms with Crippen LogP contribution in [0.1, 0.15) is 226 Å². The maximum absolute atomic E-state index is 12.7. The predicted octanol–water partition coefficient (Wildman–Crippen LogP) is 9.56. The van der Waals surface area contributed by atoms with E-state index in [4.69, 9.17) is 9.47 Å². The zero-order valence-corrected chi connectivity index (χ0v) is 35.3.